The van der Waals surface area contributed by atoms with Gasteiger partial charge in [-0.2, -0.15) is 0 Å². The number of imide groups is 1. The number of amides is 5. The molecule has 9 heteroatoms. The van der Waals surface area contributed by atoms with Gasteiger partial charge >= 0.3 is 12.1 Å². The average Bonchev–Trinajstić information content (AvgIpc) is 3.01. The highest BCUT2D eigenvalue weighted by molar-refractivity contribution is 6.04. The highest BCUT2D eigenvalue weighted by Gasteiger charge is 2.32. The monoisotopic (exact) mass is 388 g/mol. The molecule has 0 spiro atoms. The summed E-state index contributed by atoms with van der Waals surface area (Å²) in [5.41, 5.74) is 1.33. The number of ether oxygens (including phenoxy) is 1. The van der Waals surface area contributed by atoms with Gasteiger partial charge in [0, 0.05) is 13.0 Å². The summed E-state index contributed by atoms with van der Waals surface area (Å²) in [5.74, 6) is -0.877. The smallest absolute Gasteiger partial charge is 0.414 e. The molecule has 1 saturated heterocycles. The molecule has 3 N–H and O–H groups in total. The van der Waals surface area contributed by atoms with Crippen LogP contribution in [0.25, 0.3) is 0 Å². The van der Waals surface area contributed by atoms with Crippen molar-refractivity contribution < 1.29 is 23.9 Å². The van der Waals surface area contributed by atoms with Gasteiger partial charge in [-0.05, 0) is 45.2 Å². The van der Waals surface area contributed by atoms with E-state index in [0.717, 1.165) is 5.56 Å². The number of hydrogen-bond donors (Lipinski definition) is 3. The van der Waals surface area contributed by atoms with E-state index in [1.807, 2.05) is 6.07 Å². The Hall–Kier alpha value is -3.10. The van der Waals surface area contributed by atoms with E-state index >= 15 is 0 Å². The minimum atomic E-state index is -0.781. The normalized spacial score (nSPS) is 19.0. The van der Waals surface area contributed by atoms with Crippen LogP contribution in [0.1, 0.15) is 39.2 Å². The second-order valence-electron chi connectivity index (χ2n) is 7.80. The number of para-hydroxylation sites is 1. The number of piperidine rings is 1. The zero-order valence-corrected chi connectivity index (χ0v) is 16.1. The Morgan fingerprint density at radius 1 is 1.21 bits per heavy atom. The third kappa shape index (κ3) is 4.41. The molecule has 3 rings (SSSR count). The Morgan fingerprint density at radius 3 is 2.64 bits per heavy atom. The molecule has 9 nitrogen and oxygen atoms in total. The fraction of sp³-hybridized carbons (Fsp3) is 0.474. The molecule has 2 heterocycles. The van der Waals surface area contributed by atoms with Crippen LogP contribution in [0.2, 0.25) is 0 Å². The second-order valence-corrected chi connectivity index (χ2v) is 7.80. The largest absolute Gasteiger partial charge is 0.443 e. The van der Waals surface area contributed by atoms with E-state index in [1.54, 1.807) is 32.9 Å². The Labute approximate surface area is 162 Å². The molecular formula is C19H24N4O5. The minimum Gasteiger partial charge on any atom is -0.443 e. The van der Waals surface area contributed by atoms with Crippen LogP contribution in [-0.4, -0.2) is 42.1 Å². The van der Waals surface area contributed by atoms with Crippen LogP contribution < -0.4 is 20.9 Å². The molecule has 0 aromatic heterocycles. The minimum absolute atomic E-state index is 0.170. The first-order chi connectivity index (χ1) is 13.1. The molecule has 0 unspecified atom stereocenters. The van der Waals surface area contributed by atoms with Gasteiger partial charge < -0.3 is 15.4 Å². The van der Waals surface area contributed by atoms with E-state index < -0.39 is 29.7 Å². The molecule has 2 aliphatic rings. The summed E-state index contributed by atoms with van der Waals surface area (Å²) in [6.07, 6.45) is 0.587. The number of urea groups is 1. The van der Waals surface area contributed by atoms with Gasteiger partial charge in [0.1, 0.15) is 11.6 Å². The number of fused-ring (bicyclic) bond motifs is 1. The van der Waals surface area contributed by atoms with Gasteiger partial charge in [0.2, 0.25) is 11.8 Å². The zero-order valence-electron chi connectivity index (χ0n) is 16.1. The maximum absolute atomic E-state index is 12.5. The third-order valence-corrected chi connectivity index (χ3v) is 4.40. The number of anilines is 2. The SMILES string of the molecule is CC(C)(C)OC(=O)N1CCc2cccc(NC(=O)N[C@H]3CCC(=O)NC3=O)c21. The van der Waals surface area contributed by atoms with E-state index in [1.165, 1.54) is 4.90 Å². The fourth-order valence-corrected chi connectivity index (χ4v) is 3.20. The van der Waals surface area contributed by atoms with Crippen molar-refractivity contribution >= 4 is 35.3 Å². The Bertz CT molecular complexity index is 830. The van der Waals surface area contributed by atoms with Crippen molar-refractivity contribution in [1.29, 1.82) is 0 Å². The lowest BCUT2D eigenvalue weighted by molar-refractivity contribution is -0.134. The molecule has 0 aliphatic carbocycles. The number of nitrogens with one attached hydrogen (secondary N) is 3. The molecule has 150 valence electrons. The van der Waals surface area contributed by atoms with Crippen LogP contribution in [0, 0.1) is 0 Å². The van der Waals surface area contributed by atoms with Crippen molar-refractivity contribution in [3.63, 3.8) is 0 Å². The Balaban J connectivity index is 1.73. The van der Waals surface area contributed by atoms with Crippen molar-refractivity contribution in [1.82, 2.24) is 10.6 Å². The zero-order chi connectivity index (χ0) is 20.5. The number of carbonyl (C=O) groups is 4. The highest BCUT2D eigenvalue weighted by Crippen LogP contribution is 2.36. The second kappa shape index (κ2) is 7.49. The van der Waals surface area contributed by atoms with Gasteiger partial charge in [0.25, 0.3) is 0 Å². The lowest BCUT2D eigenvalue weighted by Crippen LogP contribution is -2.53. The van der Waals surface area contributed by atoms with Crippen molar-refractivity contribution in [2.45, 2.75) is 51.7 Å². The summed E-state index contributed by atoms with van der Waals surface area (Å²) >= 11 is 0. The van der Waals surface area contributed by atoms with Crippen molar-refractivity contribution in [2.24, 2.45) is 0 Å². The number of carbonyl (C=O) groups excluding carboxylic acids is 4. The van der Waals surface area contributed by atoms with Crippen molar-refractivity contribution in [3.05, 3.63) is 23.8 Å². The first-order valence-corrected chi connectivity index (χ1v) is 9.17. The third-order valence-electron chi connectivity index (χ3n) is 4.40. The van der Waals surface area contributed by atoms with Crippen LogP contribution in [0.5, 0.6) is 0 Å². The maximum atomic E-state index is 12.5. The van der Waals surface area contributed by atoms with Gasteiger partial charge in [-0.25, -0.2) is 9.59 Å². The van der Waals surface area contributed by atoms with Gasteiger partial charge in [0.05, 0.1) is 11.4 Å². The predicted octanol–water partition coefficient (Wildman–Crippen LogP) is 1.91. The van der Waals surface area contributed by atoms with E-state index in [-0.39, 0.29) is 18.7 Å². The fourth-order valence-electron chi connectivity index (χ4n) is 3.20. The van der Waals surface area contributed by atoms with Gasteiger partial charge in [-0.15, -0.1) is 0 Å². The van der Waals surface area contributed by atoms with Crippen LogP contribution >= 0.6 is 0 Å². The standard InChI is InChI=1S/C19H24N4O5/c1-19(2,3)28-18(27)23-10-9-11-5-4-6-12(15(11)23)20-17(26)21-13-7-8-14(24)22-16(13)25/h4-6,13H,7-10H2,1-3H3,(H2,20,21,26)(H,22,24,25)/t13-/m0/s1. The van der Waals surface area contributed by atoms with E-state index in [4.69, 9.17) is 4.74 Å². The molecular weight excluding hydrogens is 364 g/mol. The van der Waals surface area contributed by atoms with E-state index in [0.29, 0.717) is 24.3 Å². The summed E-state index contributed by atoms with van der Waals surface area (Å²) in [6.45, 7) is 5.83. The van der Waals surface area contributed by atoms with Gasteiger partial charge in [0.15, 0.2) is 0 Å². The Morgan fingerprint density at radius 2 is 1.96 bits per heavy atom. The van der Waals surface area contributed by atoms with Crippen LogP contribution in [0.15, 0.2) is 18.2 Å². The molecule has 0 bridgehead atoms. The summed E-state index contributed by atoms with van der Waals surface area (Å²) < 4.78 is 5.46. The summed E-state index contributed by atoms with van der Waals surface area (Å²) in [6, 6.07) is 4.00. The topological polar surface area (TPSA) is 117 Å². The van der Waals surface area contributed by atoms with E-state index in [9.17, 15) is 19.2 Å². The van der Waals surface area contributed by atoms with Gasteiger partial charge in [-0.1, -0.05) is 12.1 Å². The van der Waals surface area contributed by atoms with Gasteiger partial charge in [-0.3, -0.25) is 19.8 Å². The summed E-state index contributed by atoms with van der Waals surface area (Å²) in [7, 11) is 0. The van der Waals surface area contributed by atoms with Crippen LogP contribution in [-0.2, 0) is 20.7 Å². The Kier molecular flexibility index (Phi) is 5.26. The first-order valence-electron chi connectivity index (χ1n) is 9.17. The van der Waals surface area contributed by atoms with E-state index in [2.05, 4.69) is 16.0 Å². The predicted molar refractivity (Wildman–Crippen MR) is 102 cm³/mol. The molecule has 2 aliphatic heterocycles. The van der Waals surface area contributed by atoms with Crippen molar-refractivity contribution in [2.75, 3.05) is 16.8 Å². The van der Waals surface area contributed by atoms with Crippen molar-refractivity contribution in [3.8, 4) is 0 Å². The van der Waals surface area contributed by atoms with Crippen LogP contribution in [0.4, 0.5) is 21.0 Å². The molecule has 0 saturated carbocycles. The molecule has 1 atom stereocenters. The molecule has 1 aromatic rings. The van der Waals surface area contributed by atoms with Crippen LogP contribution in [0.3, 0.4) is 0 Å². The number of nitrogens with zero attached hydrogens (tertiary/aromatic N) is 1. The number of benzene rings is 1. The lowest BCUT2D eigenvalue weighted by Gasteiger charge is -2.26. The quantitative estimate of drug-likeness (QED) is 0.669. The molecule has 28 heavy (non-hydrogen) atoms. The molecule has 0 radical (unpaired) electrons. The molecule has 1 fully saturated rings. The maximum Gasteiger partial charge on any atom is 0.414 e. The average molecular weight is 388 g/mol. The number of rotatable bonds is 2. The first kappa shape index (κ1) is 19.7. The molecule has 5 amide bonds. The molecule has 1 aromatic carbocycles. The summed E-state index contributed by atoms with van der Waals surface area (Å²) in [5, 5.41) is 7.46. The lowest BCUT2D eigenvalue weighted by atomic mass is 10.1. The highest BCUT2D eigenvalue weighted by atomic mass is 16.6. The summed E-state index contributed by atoms with van der Waals surface area (Å²) in [4.78, 5) is 49.5. The number of hydrogen-bond acceptors (Lipinski definition) is 5.